The fourth-order valence-corrected chi connectivity index (χ4v) is 4.19. The van der Waals surface area contributed by atoms with Crippen LogP contribution in [-0.2, 0) is 4.74 Å². The Balaban J connectivity index is 1.84. The Bertz CT molecular complexity index is 1360. The first-order valence-corrected chi connectivity index (χ1v) is 10.2. The molecule has 4 aromatic rings. The van der Waals surface area contributed by atoms with Crippen molar-refractivity contribution in [1.29, 1.82) is 0 Å². The average Bonchev–Trinajstić information content (AvgIpc) is 3.11. The summed E-state index contributed by atoms with van der Waals surface area (Å²) in [5.41, 5.74) is 1.85. The van der Waals surface area contributed by atoms with Crippen LogP contribution in [0.3, 0.4) is 0 Å². The highest BCUT2D eigenvalue weighted by Crippen LogP contribution is 2.37. The van der Waals surface area contributed by atoms with E-state index in [-0.39, 0.29) is 12.2 Å². The largest absolute Gasteiger partial charge is 0.462 e. The Kier molecular flexibility index (Phi) is 4.39. The Morgan fingerprint density at radius 2 is 1.90 bits per heavy atom. The van der Waals surface area contributed by atoms with Crippen molar-refractivity contribution in [2.45, 2.75) is 13.1 Å². The van der Waals surface area contributed by atoms with Gasteiger partial charge in [0.25, 0.3) is 5.56 Å². The lowest BCUT2D eigenvalue weighted by molar-refractivity contribution is 0.0522. The number of fused-ring (bicyclic) bond motifs is 4. The first kappa shape index (κ1) is 18.6. The molecule has 0 bridgehead atoms. The van der Waals surface area contributed by atoms with Crippen molar-refractivity contribution in [3.63, 3.8) is 0 Å². The van der Waals surface area contributed by atoms with Crippen molar-refractivity contribution in [2.24, 2.45) is 0 Å². The van der Waals surface area contributed by atoms with Gasteiger partial charge in [0.1, 0.15) is 11.7 Å². The van der Waals surface area contributed by atoms with Crippen molar-refractivity contribution in [3.8, 4) is 0 Å². The van der Waals surface area contributed by atoms with Gasteiger partial charge in [0, 0.05) is 10.0 Å². The van der Waals surface area contributed by atoms with Crippen LogP contribution in [0.25, 0.3) is 11.0 Å². The number of ether oxygens (including phenoxy) is 1. The van der Waals surface area contributed by atoms with Gasteiger partial charge in [-0.15, -0.1) is 0 Å². The monoisotopic (exact) mass is 465 g/mol. The van der Waals surface area contributed by atoms with Gasteiger partial charge in [-0.05, 0) is 25.1 Å². The molecule has 0 aliphatic carbocycles. The summed E-state index contributed by atoms with van der Waals surface area (Å²) >= 11 is 3.60. The van der Waals surface area contributed by atoms with Gasteiger partial charge in [0.15, 0.2) is 0 Å². The number of benzene rings is 2. The van der Waals surface area contributed by atoms with E-state index in [1.165, 1.54) is 10.8 Å². The van der Waals surface area contributed by atoms with Crippen molar-refractivity contribution in [3.05, 3.63) is 80.7 Å². The number of imidazole rings is 1. The van der Waals surface area contributed by atoms with Crippen LogP contribution in [0.2, 0.25) is 0 Å². The third-order valence-corrected chi connectivity index (χ3v) is 5.70. The van der Waals surface area contributed by atoms with Gasteiger partial charge in [-0.2, -0.15) is 0 Å². The third kappa shape index (κ3) is 2.73. The molecular weight excluding hydrogens is 450 g/mol. The number of hydrogen-bond donors (Lipinski definition) is 1. The maximum absolute atomic E-state index is 13.4. The third-order valence-electron chi connectivity index (χ3n) is 4.98. The molecule has 0 amide bonds. The molecular formula is C21H16BrN5O3. The Hall–Kier alpha value is -3.46. The number of carbonyl (C=O) groups excluding carboxylic acids is 1. The van der Waals surface area contributed by atoms with Crippen molar-refractivity contribution < 1.29 is 9.53 Å². The van der Waals surface area contributed by atoms with Gasteiger partial charge < -0.3 is 4.74 Å². The lowest BCUT2D eigenvalue weighted by Crippen LogP contribution is -2.39. The summed E-state index contributed by atoms with van der Waals surface area (Å²) in [6.45, 7) is 1.86. The summed E-state index contributed by atoms with van der Waals surface area (Å²) < 4.78 is 9.26. The van der Waals surface area contributed by atoms with Gasteiger partial charge in [0.2, 0.25) is 11.9 Å². The quantitative estimate of drug-likeness (QED) is 0.408. The van der Waals surface area contributed by atoms with Crippen LogP contribution < -0.4 is 10.9 Å². The highest BCUT2D eigenvalue weighted by atomic mass is 79.9. The number of carbonyl (C=O) groups is 1. The van der Waals surface area contributed by atoms with E-state index in [2.05, 4.69) is 31.2 Å². The highest BCUT2D eigenvalue weighted by Gasteiger charge is 2.33. The standard InChI is InChI=1S/C21H16BrN5O3/c1-2-30-19(29)13-11-23-20-25-21-24-15-9-5-6-10-16(15)26(21)17(27(20)18(13)28)12-7-3-4-8-14(12)22/h3-11,17H,2H2,1H3,(H,23,24,25). The highest BCUT2D eigenvalue weighted by molar-refractivity contribution is 9.10. The minimum atomic E-state index is -0.697. The van der Waals surface area contributed by atoms with E-state index in [0.29, 0.717) is 11.9 Å². The molecule has 2 aromatic carbocycles. The molecule has 0 fully saturated rings. The van der Waals surface area contributed by atoms with Crippen molar-refractivity contribution in [1.82, 2.24) is 19.1 Å². The number of anilines is 2. The minimum absolute atomic E-state index is 0.118. The lowest BCUT2D eigenvalue weighted by atomic mass is 10.1. The molecule has 5 rings (SSSR count). The van der Waals surface area contributed by atoms with Crippen LogP contribution in [0, 0.1) is 0 Å². The predicted octanol–water partition coefficient (Wildman–Crippen LogP) is 3.68. The van der Waals surface area contributed by atoms with Gasteiger partial charge in [0.05, 0.1) is 23.8 Å². The summed E-state index contributed by atoms with van der Waals surface area (Å²) in [5, 5.41) is 3.12. The zero-order valence-corrected chi connectivity index (χ0v) is 17.5. The van der Waals surface area contributed by atoms with Crippen LogP contribution in [0.15, 0.2) is 64.0 Å². The van der Waals surface area contributed by atoms with Crippen LogP contribution in [0.4, 0.5) is 11.9 Å². The van der Waals surface area contributed by atoms with Crippen molar-refractivity contribution >= 4 is 44.8 Å². The van der Waals surface area contributed by atoms with Crippen LogP contribution in [0.5, 0.6) is 0 Å². The molecule has 3 heterocycles. The zero-order chi connectivity index (χ0) is 20.8. The Labute approximate surface area is 179 Å². The number of rotatable bonds is 3. The predicted molar refractivity (Wildman–Crippen MR) is 115 cm³/mol. The second-order valence-corrected chi connectivity index (χ2v) is 7.56. The van der Waals surface area contributed by atoms with Gasteiger partial charge in [-0.3, -0.25) is 19.2 Å². The van der Waals surface area contributed by atoms with E-state index in [9.17, 15) is 9.59 Å². The van der Waals surface area contributed by atoms with E-state index in [1.807, 2.05) is 53.1 Å². The number of esters is 1. The average molecular weight is 466 g/mol. The number of hydrogen-bond acceptors (Lipinski definition) is 6. The molecule has 1 unspecified atom stereocenters. The van der Waals surface area contributed by atoms with E-state index in [0.717, 1.165) is 21.1 Å². The van der Waals surface area contributed by atoms with Crippen LogP contribution in [0.1, 0.15) is 29.0 Å². The van der Waals surface area contributed by atoms with E-state index < -0.39 is 17.7 Å². The molecule has 9 heteroatoms. The number of aromatic nitrogens is 4. The van der Waals surface area contributed by atoms with Gasteiger partial charge >= 0.3 is 5.97 Å². The molecule has 0 spiro atoms. The molecule has 1 atom stereocenters. The van der Waals surface area contributed by atoms with E-state index in [4.69, 9.17) is 4.74 Å². The molecule has 0 saturated heterocycles. The maximum Gasteiger partial charge on any atom is 0.345 e. The molecule has 2 aromatic heterocycles. The van der Waals surface area contributed by atoms with Crippen LogP contribution >= 0.6 is 15.9 Å². The maximum atomic E-state index is 13.4. The first-order valence-electron chi connectivity index (χ1n) is 9.37. The molecule has 1 N–H and O–H groups in total. The van der Waals surface area contributed by atoms with Gasteiger partial charge in [-0.25, -0.2) is 14.8 Å². The van der Waals surface area contributed by atoms with Crippen LogP contribution in [-0.4, -0.2) is 31.7 Å². The SMILES string of the molecule is CCOC(=O)c1cnc2n(c1=O)C(c1ccccc1Br)n1c(nc3ccccc31)N2. The second-order valence-electron chi connectivity index (χ2n) is 6.71. The molecule has 30 heavy (non-hydrogen) atoms. The van der Waals surface area contributed by atoms with Gasteiger partial charge in [-0.1, -0.05) is 46.3 Å². The second kappa shape index (κ2) is 7.10. The molecule has 1 aliphatic heterocycles. The summed E-state index contributed by atoms with van der Waals surface area (Å²) in [6.07, 6.45) is 0.641. The fourth-order valence-electron chi connectivity index (χ4n) is 3.70. The summed E-state index contributed by atoms with van der Waals surface area (Å²) in [6, 6.07) is 15.3. The van der Waals surface area contributed by atoms with E-state index in [1.54, 1.807) is 6.92 Å². The summed E-state index contributed by atoms with van der Waals surface area (Å²) in [5.74, 6) is 0.168. The Morgan fingerprint density at radius 1 is 1.13 bits per heavy atom. The summed E-state index contributed by atoms with van der Waals surface area (Å²) in [4.78, 5) is 34.8. The number of nitrogens with one attached hydrogen (secondary N) is 1. The zero-order valence-electron chi connectivity index (χ0n) is 15.9. The summed E-state index contributed by atoms with van der Waals surface area (Å²) in [7, 11) is 0. The number of halogens is 1. The molecule has 8 nitrogen and oxygen atoms in total. The van der Waals surface area contributed by atoms with Crippen molar-refractivity contribution in [2.75, 3.05) is 11.9 Å². The normalized spacial score (nSPS) is 14.7. The molecule has 0 radical (unpaired) electrons. The number of nitrogens with zero attached hydrogens (tertiary/aromatic N) is 4. The molecule has 0 saturated carbocycles. The smallest absolute Gasteiger partial charge is 0.345 e. The number of para-hydroxylation sites is 2. The minimum Gasteiger partial charge on any atom is -0.462 e. The fraction of sp³-hybridized carbons (Fsp3) is 0.143. The molecule has 150 valence electrons. The molecule has 1 aliphatic rings. The lowest BCUT2D eigenvalue weighted by Gasteiger charge is -2.31. The van der Waals surface area contributed by atoms with E-state index >= 15 is 0 Å². The first-order chi connectivity index (χ1) is 14.6. The Morgan fingerprint density at radius 3 is 2.70 bits per heavy atom. The topological polar surface area (TPSA) is 91.0 Å².